The standard InChI is InChI=1S/C26H30N4O3/c1-17-11-18(2)13-20(12-17)22-15-21(25(29-28-22)30-9-5-6-10-30)26(31)27-16-19-7-8-23(32-3)24(14-19)33-4/h7-8,11-15H,5-6,9-10,16H2,1-4H3,(H,27,31). The van der Waals surface area contributed by atoms with Crippen LogP contribution in [0.3, 0.4) is 0 Å². The van der Waals surface area contributed by atoms with Gasteiger partial charge in [0.15, 0.2) is 17.3 Å². The average Bonchev–Trinajstić information content (AvgIpc) is 3.36. The maximum Gasteiger partial charge on any atom is 0.255 e. The van der Waals surface area contributed by atoms with Gasteiger partial charge in [-0.25, -0.2) is 0 Å². The number of rotatable bonds is 7. The number of aryl methyl sites for hydroxylation is 2. The third kappa shape index (κ3) is 5.08. The van der Waals surface area contributed by atoms with E-state index in [-0.39, 0.29) is 5.91 Å². The van der Waals surface area contributed by atoms with Gasteiger partial charge < -0.3 is 19.7 Å². The summed E-state index contributed by atoms with van der Waals surface area (Å²) in [4.78, 5) is 15.5. The van der Waals surface area contributed by atoms with E-state index < -0.39 is 0 Å². The van der Waals surface area contributed by atoms with Crippen molar-refractivity contribution in [3.05, 3.63) is 64.7 Å². The van der Waals surface area contributed by atoms with Crippen molar-refractivity contribution in [3.8, 4) is 22.8 Å². The fourth-order valence-electron chi connectivity index (χ4n) is 4.25. The zero-order valence-corrected chi connectivity index (χ0v) is 19.6. The van der Waals surface area contributed by atoms with Gasteiger partial charge in [-0.05, 0) is 62.6 Å². The summed E-state index contributed by atoms with van der Waals surface area (Å²) in [5, 5.41) is 12.0. The molecule has 1 fully saturated rings. The number of nitrogens with one attached hydrogen (secondary N) is 1. The molecule has 4 rings (SSSR count). The highest BCUT2D eigenvalue weighted by Crippen LogP contribution is 2.29. The molecule has 7 nitrogen and oxygen atoms in total. The molecule has 1 aromatic heterocycles. The molecule has 0 saturated carbocycles. The summed E-state index contributed by atoms with van der Waals surface area (Å²) in [6.45, 7) is 6.24. The van der Waals surface area contributed by atoms with Gasteiger partial charge in [-0.3, -0.25) is 4.79 Å². The summed E-state index contributed by atoms with van der Waals surface area (Å²) >= 11 is 0. The van der Waals surface area contributed by atoms with E-state index in [4.69, 9.17) is 9.47 Å². The molecule has 0 atom stereocenters. The van der Waals surface area contributed by atoms with Crippen LogP contribution in [0, 0.1) is 13.8 Å². The van der Waals surface area contributed by atoms with Crippen LogP contribution in [-0.4, -0.2) is 43.4 Å². The highest BCUT2D eigenvalue weighted by Gasteiger charge is 2.23. The second kappa shape index (κ2) is 9.90. The molecule has 0 spiro atoms. The minimum absolute atomic E-state index is 0.174. The third-order valence-electron chi connectivity index (χ3n) is 5.84. The summed E-state index contributed by atoms with van der Waals surface area (Å²) in [5.41, 5.74) is 5.41. The second-order valence-electron chi connectivity index (χ2n) is 8.41. The highest BCUT2D eigenvalue weighted by molar-refractivity contribution is 5.99. The molecule has 1 aliphatic rings. The molecular formula is C26H30N4O3. The number of amides is 1. The van der Waals surface area contributed by atoms with Crippen molar-refractivity contribution in [1.82, 2.24) is 15.5 Å². The van der Waals surface area contributed by atoms with Gasteiger partial charge in [-0.15, -0.1) is 10.2 Å². The Labute approximate surface area is 194 Å². The van der Waals surface area contributed by atoms with Crippen LogP contribution in [0.1, 0.15) is 39.9 Å². The molecule has 0 aliphatic carbocycles. The maximum absolute atomic E-state index is 13.3. The number of methoxy groups -OCH3 is 2. The summed E-state index contributed by atoms with van der Waals surface area (Å²) < 4.78 is 10.7. The van der Waals surface area contributed by atoms with Gasteiger partial charge in [0.1, 0.15) is 0 Å². The van der Waals surface area contributed by atoms with E-state index >= 15 is 0 Å². The molecule has 172 valence electrons. The number of nitrogens with zero attached hydrogens (tertiary/aromatic N) is 3. The molecule has 0 bridgehead atoms. The first-order valence-corrected chi connectivity index (χ1v) is 11.2. The summed E-state index contributed by atoms with van der Waals surface area (Å²) in [5.74, 6) is 1.75. The van der Waals surface area contributed by atoms with Gasteiger partial charge in [0.05, 0.1) is 25.5 Å². The molecule has 7 heteroatoms. The largest absolute Gasteiger partial charge is 0.493 e. The van der Waals surface area contributed by atoms with Crippen molar-refractivity contribution in [2.45, 2.75) is 33.2 Å². The van der Waals surface area contributed by atoms with Crippen LogP contribution < -0.4 is 19.7 Å². The molecule has 0 unspecified atom stereocenters. The molecule has 2 heterocycles. The van der Waals surface area contributed by atoms with Crippen molar-refractivity contribution in [2.24, 2.45) is 0 Å². The first-order valence-electron chi connectivity index (χ1n) is 11.2. The Morgan fingerprint density at radius 2 is 1.64 bits per heavy atom. The van der Waals surface area contributed by atoms with Crippen molar-refractivity contribution >= 4 is 11.7 Å². The van der Waals surface area contributed by atoms with E-state index in [0.717, 1.165) is 48.2 Å². The monoisotopic (exact) mass is 446 g/mol. The van der Waals surface area contributed by atoms with E-state index in [1.54, 1.807) is 14.2 Å². The minimum Gasteiger partial charge on any atom is -0.493 e. The van der Waals surface area contributed by atoms with E-state index in [0.29, 0.717) is 35.1 Å². The first kappa shape index (κ1) is 22.6. The van der Waals surface area contributed by atoms with Gasteiger partial charge in [-0.1, -0.05) is 23.3 Å². The molecule has 0 radical (unpaired) electrons. The van der Waals surface area contributed by atoms with Crippen LogP contribution in [0.15, 0.2) is 42.5 Å². The van der Waals surface area contributed by atoms with Gasteiger partial charge >= 0.3 is 0 Å². The van der Waals surface area contributed by atoms with Gasteiger partial charge in [0.25, 0.3) is 5.91 Å². The fraction of sp³-hybridized carbons (Fsp3) is 0.346. The molecular weight excluding hydrogens is 416 g/mol. The van der Waals surface area contributed by atoms with Crippen LogP contribution in [0.5, 0.6) is 11.5 Å². The number of carbonyl (C=O) groups excluding carboxylic acids is 1. The van der Waals surface area contributed by atoms with E-state index in [9.17, 15) is 4.79 Å². The predicted octanol–water partition coefficient (Wildman–Crippen LogP) is 4.31. The Kier molecular flexibility index (Phi) is 6.77. The lowest BCUT2D eigenvalue weighted by Gasteiger charge is -2.20. The van der Waals surface area contributed by atoms with Crippen LogP contribution in [-0.2, 0) is 6.54 Å². The Morgan fingerprint density at radius 3 is 2.30 bits per heavy atom. The topological polar surface area (TPSA) is 76.6 Å². The summed E-state index contributed by atoms with van der Waals surface area (Å²) in [6, 6.07) is 13.7. The quantitative estimate of drug-likeness (QED) is 0.583. The van der Waals surface area contributed by atoms with Gasteiger partial charge in [0.2, 0.25) is 0 Å². The molecule has 1 N–H and O–H groups in total. The lowest BCUT2D eigenvalue weighted by atomic mass is 10.0. The Balaban J connectivity index is 1.63. The summed E-state index contributed by atoms with van der Waals surface area (Å²) in [6.07, 6.45) is 2.18. The molecule has 2 aromatic carbocycles. The number of hydrogen-bond acceptors (Lipinski definition) is 6. The van der Waals surface area contributed by atoms with Crippen molar-refractivity contribution in [2.75, 3.05) is 32.2 Å². The number of aromatic nitrogens is 2. The average molecular weight is 447 g/mol. The second-order valence-corrected chi connectivity index (χ2v) is 8.41. The zero-order valence-electron chi connectivity index (χ0n) is 19.6. The van der Waals surface area contributed by atoms with Crippen LogP contribution in [0.4, 0.5) is 5.82 Å². The number of hydrogen-bond donors (Lipinski definition) is 1. The van der Waals surface area contributed by atoms with Crippen molar-refractivity contribution in [1.29, 1.82) is 0 Å². The Morgan fingerprint density at radius 1 is 0.939 bits per heavy atom. The molecule has 1 aliphatic heterocycles. The highest BCUT2D eigenvalue weighted by atomic mass is 16.5. The van der Waals surface area contributed by atoms with Crippen LogP contribution in [0.25, 0.3) is 11.3 Å². The third-order valence-corrected chi connectivity index (χ3v) is 5.84. The minimum atomic E-state index is -0.174. The molecule has 3 aromatic rings. The SMILES string of the molecule is COc1ccc(CNC(=O)c2cc(-c3cc(C)cc(C)c3)nnc2N2CCCC2)cc1OC. The zero-order chi connectivity index (χ0) is 23.4. The van der Waals surface area contributed by atoms with Crippen LogP contribution >= 0.6 is 0 Å². The van der Waals surface area contributed by atoms with E-state index in [2.05, 4.69) is 52.5 Å². The lowest BCUT2D eigenvalue weighted by Crippen LogP contribution is -2.28. The van der Waals surface area contributed by atoms with Gasteiger partial charge in [-0.2, -0.15) is 0 Å². The smallest absolute Gasteiger partial charge is 0.255 e. The number of anilines is 1. The first-order chi connectivity index (χ1) is 16.0. The lowest BCUT2D eigenvalue weighted by molar-refractivity contribution is 0.0951. The predicted molar refractivity (Wildman–Crippen MR) is 129 cm³/mol. The Hall–Kier alpha value is -3.61. The van der Waals surface area contributed by atoms with E-state index in [1.807, 2.05) is 24.3 Å². The number of carbonyl (C=O) groups is 1. The number of benzene rings is 2. The van der Waals surface area contributed by atoms with Crippen molar-refractivity contribution < 1.29 is 14.3 Å². The summed E-state index contributed by atoms with van der Waals surface area (Å²) in [7, 11) is 3.20. The van der Waals surface area contributed by atoms with Crippen molar-refractivity contribution in [3.63, 3.8) is 0 Å². The van der Waals surface area contributed by atoms with Gasteiger partial charge in [0, 0.05) is 25.2 Å². The normalized spacial score (nSPS) is 13.2. The maximum atomic E-state index is 13.3. The van der Waals surface area contributed by atoms with Crippen LogP contribution in [0.2, 0.25) is 0 Å². The molecule has 33 heavy (non-hydrogen) atoms. The molecule has 1 saturated heterocycles. The molecule has 1 amide bonds. The fourth-order valence-corrected chi connectivity index (χ4v) is 4.25. The van der Waals surface area contributed by atoms with E-state index in [1.165, 1.54) is 0 Å². The number of ether oxygens (including phenoxy) is 2. The Bertz CT molecular complexity index is 1140.